The molecule has 0 aliphatic carbocycles. The maximum absolute atomic E-state index is 13.9. The summed E-state index contributed by atoms with van der Waals surface area (Å²) in [6.07, 6.45) is 0.758. The zero-order valence-corrected chi connectivity index (χ0v) is 22.7. The van der Waals surface area contributed by atoms with Crippen LogP contribution in [0.1, 0.15) is 27.9 Å². The molecule has 2 aliphatic rings. The number of hydrogen-bond donors (Lipinski definition) is 0. The Bertz CT molecular complexity index is 1320. The SMILES string of the molecule is Cc1ccc2sc(N(CCCN3CCOCC3)C(=O)c3ccc(N4CCOCC4)c([N+](=O)[O-])c3)nc2c1C. The Morgan fingerprint density at radius 3 is 2.50 bits per heavy atom. The predicted molar refractivity (Wildman–Crippen MR) is 149 cm³/mol. The number of nitro benzene ring substituents is 1. The number of morpholine rings is 2. The zero-order chi connectivity index (χ0) is 26.6. The first kappa shape index (κ1) is 26.5. The fourth-order valence-corrected chi connectivity index (χ4v) is 5.97. The highest BCUT2D eigenvalue weighted by atomic mass is 32.1. The molecule has 2 fully saturated rings. The number of benzene rings is 2. The lowest BCUT2D eigenvalue weighted by molar-refractivity contribution is -0.384. The Morgan fingerprint density at radius 2 is 1.79 bits per heavy atom. The molecule has 0 N–H and O–H groups in total. The highest BCUT2D eigenvalue weighted by molar-refractivity contribution is 7.22. The molecule has 3 heterocycles. The van der Waals surface area contributed by atoms with E-state index in [0.29, 0.717) is 43.7 Å². The molecule has 5 rings (SSSR count). The predicted octanol–water partition coefficient (Wildman–Crippen LogP) is 4.03. The van der Waals surface area contributed by atoms with Crippen molar-refractivity contribution >= 4 is 44.0 Å². The molecule has 0 radical (unpaired) electrons. The second-order valence-electron chi connectivity index (χ2n) is 9.68. The number of ether oxygens (including phenoxy) is 2. The van der Waals surface area contributed by atoms with Gasteiger partial charge in [0.2, 0.25) is 0 Å². The lowest BCUT2D eigenvalue weighted by atomic mass is 10.1. The van der Waals surface area contributed by atoms with Crippen LogP contribution < -0.4 is 9.80 Å². The average Bonchev–Trinajstić information content (AvgIpc) is 3.38. The molecular weight excluding hydrogens is 506 g/mol. The van der Waals surface area contributed by atoms with E-state index in [4.69, 9.17) is 14.5 Å². The number of nitro groups is 1. The van der Waals surface area contributed by atoms with Crippen LogP contribution in [0.3, 0.4) is 0 Å². The van der Waals surface area contributed by atoms with Crippen molar-refractivity contribution < 1.29 is 19.2 Å². The van der Waals surface area contributed by atoms with Crippen molar-refractivity contribution in [2.75, 3.05) is 75.5 Å². The van der Waals surface area contributed by atoms with Gasteiger partial charge in [0, 0.05) is 50.9 Å². The maximum Gasteiger partial charge on any atom is 0.293 e. The third kappa shape index (κ3) is 5.65. The molecule has 3 aromatic rings. The minimum atomic E-state index is -0.409. The van der Waals surface area contributed by atoms with Gasteiger partial charge in [-0.25, -0.2) is 4.98 Å². The van der Waals surface area contributed by atoms with Crippen molar-refractivity contribution in [3.8, 4) is 0 Å². The Balaban J connectivity index is 1.45. The normalized spacial score (nSPS) is 16.6. The van der Waals surface area contributed by atoms with Crippen LogP contribution in [0.25, 0.3) is 10.2 Å². The number of hydrogen-bond acceptors (Lipinski definition) is 9. The van der Waals surface area contributed by atoms with E-state index in [0.717, 1.165) is 60.6 Å². The van der Waals surface area contributed by atoms with E-state index in [2.05, 4.69) is 11.0 Å². The summed E-state index contributed by atoms with van der Waals surface area (Å²) in [5.41, 5.74) is 3.86. The van der Waals surface area contributed by atoms with Crippen LogP contribution in [0.4, 0.5) is 16.5 Å². The zero-order valence-electron chi connectivity index (χ0n) is 21.9. The van der Waals surface area contributed by atoms with Crippen molar-refractivity contribution in [2.45, 2.75) is 20.3 Å². The molecule has 11 heteroatoms. The van der Waals surface area contributed by atoms with Crippen LogP contribution in [-0.2, 0) is 9.47 Å². The summed E-state index contributed by atoms with van der Waals surface area (Å²) in [6, 6.07) is 8.90. The third-order valence-electron chi connectivity index (χ3n) is 7.28. The highest BCUT2D eigenvalue weighted by Gasteiger charge is 2.27. The second-order valence-corrected chi connectivity index (χ2v) is 10.7. The molecule has 2 aliphatic heterocycles. The topological polar surface area (TPSA) is 101 Å². The number of nitrogens with zero attached hydrogens (tertiary/aromatic N) is 5. The van der Waals surface area contributed by atoms with Crippen LogP contribution in [0.15, 0.2) is 30.3 Å². The molecule has 0 spiro atoms. The van der Waals surface area contributed by atoms with Crippen LogP contribution >= 0.6 is 11.3 Å². The fourth-order valence-electron chi connectivity index (χ4n) is 4.92. The number of aryl methyl sites for hydroxylation is 2. The molecule has 1 amide bonds. The number of carbonyl (C=O) groups excluding carboxylic acids is 1. The van der Waals surface area contributed by atoms with Crippen molar-refractivity contribution in [1.29, 1.82) is 0 Å². The Labute approximate surface area is 225 Å². The number of carbonyl (C=O) groups is 1. The molecule has 2 saturated heterocycles. The summed E-state index contributed by atoms with van der Waals surface area (Å²) in [6.45, 7) is 10.8. The molecule has 0 saturated carbocycles. The third-order valence-corrected chi connectivity index (χ3v) is 8.32. The number of anilines is 2. The van der Waals surface area contributed by atoms with Gasteiger partial charge < -0.3 is 14.4 Å². The molecule has 10 nitrogen and oxygen atoms in total. The number of fused-ring (bicyclic) bond motifs is 1. The number of rotatable bonds is 8. The molecule has 202 valence electrons. The monoisotopic (exact) mass is 539 g/mol. The summed E-state index contributed by atoms with van der Waals surface area (Å²) in [5.74, 6) is -0.281. The van der Waals surface area contributed by atoms with Crippen LogP contribution in [0.5, 0.6) is 0 Å². The summed E-state index contributed by atoms with van der Waals surface area (Å²) in [5, 5.41) is 12.6. The number of aromatic nitrogens is 1. The van der Waals surface area contributed by atoms with Gasteiger partial charge in [-0.2, -0.15) is 0 Å². The summed E-state index contributed by atoms with van der Waals surface area (Å²) in [4.78, 5) is 36.4. The quantitative estimate of drug-likeness (QED) is 0.312. The smallest absolute Gasteiger partial charge is 0.293 e. The largest absolute Gasteiger partial charge is 0.379 e. The fraction of sp³-hybridized carbons (Fsp3) is 0.481. The van der Waals surface area contributed by atoms with Crippen molar-refractivity contribution in [1.82, 2.24) is 9.88 Å². The number of thiazole rings is 1. The Hall–Kier alpha value is -3.12. The number of amides is 1. The van der Waals surface area contributed by atoms with Gasteiger partial charge in [0.1, 0.15) is 5.69 Å². The van der Waals surface area contributed by atoms with Crippen LogP contribution in [-0.4, -0.2) is 86.4 Å². The Kier molecular flexibility index (Phi) is 8.18. The van der Waals surface area contributed by atoms with Gasteiger partial charge in [-0.05, 0) is 49.6 Å². The molecule has 2 aromatic carbocycles. The lowest BCUT2D eigenvalue weighted by Crippen LogP contribution is -2.39. The minimum absolute atomic E-state index is 0.0678. The second kappa shape index (κ2) is 11.7. The standard InChI is InChI=1S/C27H33N5O5S/c1-19-4-7-24-25(20(19)2)28-27(38-24)31(9-3-8-29-10-14-36-15-11-29)26(33)21-5-6-22(23(18-21)32(34)35)30-12-16-37-17-13-30/h4-7,18H,3,8-17H2,1-2H3. The van der Waals surface area contributed by atoms with E-state index >= 15 is 0 Å². The molecule has 38 heavy (non-hydrogen) atoms. The highest BCUT2D eigenvalue weighted by Crippen LogP contribution is 2.34. The van der Waals surface area contributed by atoms with Crippen LogP contribution in [0, 0.1) is 24.0 Å². The van der Waals surface area contributed by atoms with E-state index < -0.39 is 4.92 Å². The van der Waals surface area contributed by atoms with Gasteiger partial charge in [-0.3, -0.25) is 24.7 Å². The van der Waals surface area contributed by atoms with Gasteiger partial charge in [0.25, 0.3) is 11.6 Å². The van der Waals surface area contributed by atoms with Gasteiger partial charge in [-0.15, -0.1) is 0 Å². The molecule has 0 unspecified atom stereocenters. The van der Waals surface area contributed by atoms with Crippen molar-refractivity contribution in [2.24, 2.45) is 0 Å². The van der Waals surface area contributed by atoms with Crippen LogP contribution in [0.2, 0.25) is 0 Å². The van der Waals surface area contributed by atoms with E-state index in [-0.39, 0.29) is 17.2 Å². The lowest BCUT2D eigenvalue weighted by Gasteiger charge is -2.29. The first-order chi connectivity index (χ1) is 18.4. The van der Waals surface area contributed by atoms with E-state index in [1.165, 1.54) is 17.4 Å². The summed E-state index contributed by atoms with van der Waals surface area (Å²) in [7, 11) is 0. The molecule has 0 atom stereocenters. The van der Waals surface area contributed by atoms with E-state index in [1.54, 1.807) is 17.0 Å². The van der Waals surface area contributed by atoms with Gasteiger partial charge in [0.05, 0.1) is 41.6 Å². The van der Waals surface area contributed by atoms with Gasteiger partial charge >= 0.3 is 0 Å². The van der Waals surface area contributed by atoms with E-state index in [1.807, 2.05) is 24.8 Å². The Morgan fingerprint density at radius 1 is 1.08 bits per heavy atom. The van der Waals surface area contributed by atoms with Crippen molar-refractivity contribution in [3.63, 3.8) is 0 Å². The minimum Gasteiger partial charge on any atom is -0.379 e. The van der Waals surface area contributed by atoms with E-state index in [9.17, 15) is 14.9 Å². The first-order valence-corrected chi connectivity index (χ1v) is 13.8. The molecular formula is C27H33N5O5S. The summed E-state index contributed by atoms with van der Waals surface area (Å²) >= 11 is 1.48. The van der Waals surface area contributed by atoms with Gasteiger partial charge in [0.15, 0.2) is 5.13 Å². The first-order valence-electron chi connectivity index (χ1n) is 13.0. The average molecular weight is 540 g/mol. The van der Waals surface area contributed by atoms with Crippen molar-refractivity contribution in [3.05, 3.63) is 57.1 Å². The molecule has 1 aromatic heterocycles. The molecule has 0 bridgehead atoms. The summed E-state index contributed by atoms with van der Waals surface area (Å²) < 4.78 is 11.9. The maximum atomic E-state index is 13.9. The van der Waals surface area contributed by atoms with Gasteiger partial charge in [-0.1, -0.05) is 17.4 Å².